The fraction of sp³-hybridized carbons (Fsp3) is 0.286. The highest BCUT2D eigenvalue weighted by molar-refractivity contribution is 9.10. The molecule has 2 rings (SSSR count). The molecule has 1 aromatic heterocycles. The zero-order valence-electron chi connectivity index (χ0n) is 10.7. The van der Waals surface area contributed by atoms with Crippen LogP contribution in [0, 0.1) is 0 Å². The Hall–Kier alpha value is -0.550. The van der Waals surface area contributed by atoms with Crippen LogP contribution in [0.4, 0.5) is 0 Å². The minimum atomic E-state index is 0.283. The third kappa shape index (κ3) is 3.96. The maximum Gasteiger partial charge on any atom is 0.118 e. The van der Waals surface area contributed by atoms with Gasteiger partial charge in [-0.05, 0) is 46.6 Å². The van der Waals surface area contributed by atoms with Crippen molar-refractivity contribution in [1.82, 2.24) is 5.32 Å². The summed E-state index contributed by atoms with van der Waals surface area (Å²) in [6.45, 7) is 2.95. The summed E-state index contributed by atoms with van der Waals surface area (Å²) in [7, 11) is 1.68. The van der Waals surface area contributed by atoms with Crippen LogP contribution in [0.15, 0.2) is 34.8 Å². The minimum absolute atomic E-state index is 0.283. The van der Waals surface area contributed by atoms with Crippen molar-refractivity contribution in [3.8, 4) is 5.75 Å². The average Bonchev–Trinajstić information content (AvgIpc) is 2.75. The third-order valence-electron chi connectivity index (χ3n) is 2.89. The molecule has 0 aliphatic rings. The number of hydrogen-bond donors (Lipinski definition) is 1. The number of thiophene rings is 1. The van der Waals surface area contributed by atoms with Gasteiger partial charge in [0.1, 0.15) is 10.1 Å². The number of hydrogen-bond acceptors (Lipinski definition) is 3. The van der Waals surface area contributed by atoms with E-state index in [4.69, 9.17) is 16.3 Å². The van der Waals surface area contributed by atoms with Gasteiger partial charge in [-0.15, -0.1) is 11.3 Å². The normalized spacial score (nSPS) is 12.4. The van der Waals surface area contributed by atoms with Crippen molar-refractivity contribution in [1.29, 1.82) is 0 Å². The summed E-state index contributed by atoms with van der Waals surface area (Å²) in [6, 6.07) is 10.5. The molecule has 0 saturated heterocycles. The van der Waals surface area contributed by atoms with Gasteiger partial charge in [-0.2, -0.15) is 0 Å². The van der Waals surface area contributed by atoms with E-state index < -0.39 is 0 Å². The maximum absolute atomic E-state index is 6.03. The van der Waals surface area contributed by atoms with Crippen LogP contribution in [0.1, 0.15) is 23.4 Å². The lowest BCUT2D eigenvalue weighted by atomic mass is 10.1. The molecule has 0 spiro atoms. The van der Waals surface area contributed by atoms with Crippen molar-refractivity contribution in [2.75, 3.05) is 7.11 Å². The lowest BCUT2D eigenvalue weighted by molar-refractivity contribution is 0.414. The number of rotatable bonds is 5. The van der Waals surface area contributed by atoms with Crippen LogP contribution in [0.5, 0.6) is 5.75 Å². The first-order chi connectivity index (χ1) is 9.10. The zero-order chi connectivity index (χ0) is 13.8. The molecule has 0 fully saturated rings. The van der Waals surface area contributed by atoms with E-state index in [1.807, 2.05) is 12.1 Å². The van der Waals surface area contributed by atoms with Gasteiger partial charge in [0.05, 0.1) is 7.11 Å². The highest BCUT2D eigenvalue weighted by Crippen LogP contribution is 2.32. The quantitative estimate of drug-likeness (QED) is 0.808. The van der Waals surface area contributed by atoms with Crippen LogP contribution < -0.4 is 10.1 Å². The SMILES string of the molecule is COc1ccc([C@H](C)NCc2cc(Br)c(Cl)s2)cc1. The van der Waals surface area contributed by atoms with Crippen LogP contribution in [0.3, 0.4) is 0 Å². The van der Waals surface area contributed by atoms with Crippen molar-refractivity contribution >= 4 is 38.9 Å². The molecule has 0 amide bonds. The van der Waals surface area contributed by atoms with Crippen molar-refractivity contribution < 1.29 is 4.74 Å². The molecule has 0 saturated carbocycles. The average molecular weight is 361 g/mol. The summed E-state index contributed by atoms with van der Waals surface area (Å²) in [5.74, 6) is 0.880. The van der Waals surface area contributed by atoms with Crippen LogP contribution in [0.2, 0.25) is 4.34 Å². The van der Waals surface area contributed by atoms with Crippen LogP contribution in [-0.2, 0) is 6.54 Å². The van der Waals surface area contributed by atoms with E-state index in [0.29, 0.717) is 0 Å². The van der Waals surface area contributed by atoms with Crippen LogP contribution in [-0.4, -0.2) is 7.11 Å². The van der Waals surface area contributed by atoms with E-state index in [1.54, 1.807) is 18.4 Å². The topological polar surface area (TPSA) is 21.3 Å². The second-order valence-electron chi connectivity index (χ2n) is 4.21. The number of ether oxygens (including phenoxy) is 1. The molecule has 102 valence electrons. The predicted molar refractivity (Wildman–Crippen MR) is 85.3 cm³/mol. The molecular formula is C14H15BrClNOS. The van der Waals surface area contributed by atoms with Crippen molar-refractivity contribution in [3.05, 3.63) is 49.6 Å². The summed E-state index contributed by atoms with van der Waals surface area (Å²) >= 11 is 11.0. The number of methoxy groups -OCH3 is 1. The highest BCUT2D eigenvalue weighted by Gasteiger charge is 2.08. The fourth-order valence-corrected chi connectivity index (χ4v) is 3.48. The highest BCUT2D eigenvalue weighted by atomic mass is 79.9. The Labute approximate surface area is 130 Å². The molecule has 1 atom stereocenters. The molecule has 2 aromatic rings. The molecule has 19 heavy (non-hydrogen) atoms. The molecule has 0 radical (unpaired) electrons. The standard InChI is InChI=1S/C14H15BrClNOS/c1-9(10-3-5-11(18-2)6-4-10)17-8-12-7-13(15)14(16)19-12/h3-7,9,17H,8H2,1-2H3/t9-/m0/s1. The number of nitrogens with one attached hydrogen (secondary N) is 1. The van der Waals surface area contributed by atoms with Gasteiger partial charge >= 0.3 is 0 Å². The van der Waals surface area contributed by atoms with E-state index in [-0.39, 0.29) is 6.04 Å². The summed E-state index contributed by atoms with van der Waals surface area (Å²) in [4.78, 5) is 1.22. The van der Waals surface area contributed by atoms with E-state index in [1.165, 1.54) is 10.4 Å². The van der Waals surface area contributed by atoms with E-state index in [2.05, 4.69) is 46.4 Å². The molecule has 0 bridgehead atoms. The molecule has 0 aliphatic carbocycles. The van der Waals surface area contributed by atoms with Crippen LogP contribution in [0.25, 0.3) is 0 Å². The summed E-state index contributed by atoms with van der Waals surface area (Å²) in [5, 5.41) is 3.48. The Kier molecular flexibility index (Phi) is 5.28. The smallest absolute Gasteiger partial charge is 0.118 e. The van der Waals surface area contributed by atoms with Crippen molar-refractivity contribution in [2.24, 2.45) is 0 Å². The van der Waals surface area contributed by atoms with E-state index >= 15 is 0 Å². The molecule has 1 aromatic carbocycles. The number of halogens is 2. The first-order valence-corrected chi connectivity index (χ1v) is 7.90. The van der Waals surface area contributed by atoms with Gasteiger partial charge in [-0.25, -0.2) is 0 Å². The van der Waals surface area contributed by atoms with Gasteiger partial charge in [0.2, 0.25) is 0 Å². The molecule has 5 heteroatoms. The lowest BCUT2D eigenvalue weighted by Gasteiger charge is -2.14. The van der Waals surface area contributed by atoms with Gasteiger partial charge in [-0.1, -0.05) is 23.7 Å². The van der Waals surface area contributed by atoms with Crippen LogP contribution >= 0.6 is 38.9 Å². The lowest BCUT2D eigenvalue weighted by Crippen LogP contribution is -2.17. The molecular weight excluding hydrogens is 346 g/mol. The van der Waals surface area contributed by atoms with Gasteiger partial charge in [0.25, 0.3) is 0 Å². The molecule has 1 heterocycles. The van der Waals surface area contributed by atoms with Crippen molar-refractivity contribution in [2.45, 2.75) is 19.5 Å². The largest absolute Gasteiger partial charge is 0.497 e. The fourth-order valence-electron chi connectivity index (χ4n) is 1.74. The monoisotopic (exact) mass is 359 g/mol. The summed E-state index contributed by atoms with van der Waals surface area (Å²) < 4.78 is 6.92. The van der Waals surface area contributed by atoms with Gasteiger partial charge in [0.15, 0.2) is 0 Å². The predicted octanol–water partition coefficient (Wildman–Crippen LogP) is 5.02. The first kappa shape index (κ1) is 14.9. The Bertz CT molecular complexity index is 521. The van der Waals surface area contributed by atoms with E-state index in [0.717, 1.165) is 21.1 Å². The van der Waals surface area contributed by atoms with Gasteiger partial charge in [0, 0.05) is 21.9 Å². The second kappa shape index (κ2) is 6.75. The third-order valence-corrected chi connectivity index (χ3v) is 5.37. The Morgan fingerprint density at radius 1 is 1.37 bits per heavy atom. The number of benzene rings is 1. The molecule has 2 nitrogen and oxygen atoms in total. The first-order valence-electron chi connectivity index (χ1n) is 5.91. The summed E-state index contributed by atoms with van der Waals surface area (Å²) in [5.41, 5.74) is 1.24. The second-order valence-corrected chi connectivity index (χ2v) is 6.80. The van der Waals surface area contributed by atoms with Gasteiger partial charge in [-0.3, -0.25) is 0 Å². The Morgan fingerprint density at radius 2 is 2.05 bits per heavy atom. The molecule has 1 N–H and O–H groups in total. The van der Waals surface area contributed by atoms with Crippen molar-refractivity contribution in [3.63, 3.8) is 0 Å². The molecule has 0 unspecified atom stereocenters. The summed E-state index contributed by atoms with van der Waals surface area (Å²) in [6.07, 6.45) is 0. The maximum atomic E-state index is 6.03. The zero-order valence-corrected chi connectivity index (χ0v) is 13.9. The minimum Gasteiger partial charge on any atom is -0.497 e. The Balaban J connectivity index is 1.94. The molecule has 0 aliphatic heterocycles. The Morgan fingerprint density at radius 3 is 2.58 bits per heavy atom. The van der Waals surface area contributed by atoms with E-state index in [9.17, 15) is 0 Å². The van der Waals surface area contributed by atoms with Gasteiger partial charge < -0.3 is 10.1 Å².